The summed E-state index contributed by atoms with van der Waals surface area (Å²) in [6.07, 6.45) is 0.619. The summed E-state index contributed by atoms with van der Waals surface area (Å²) in [5.74, 6) is -1.13. The molecule has 1 aliphatic heterocycles. The first-order chi connectivity index (χ1) is 8.90. The van der Waals surface area contributed by atoms with Crippen molar-refractivity contribution < 1.29 is 17.7 Å². The summed E-state index contributed by atoms with van der Waals surface area (Å²) in [6, 6.07) is 2.17. The average Bonchev–Trinajstić information content (AvgIpc) is 2.80. The van der Waals surface area contributed by atoms with Gasteiger partial charge in [-0.2, -0.15) is 0 Å². The number of nitro benzene ring substituents is 1. The Morgan fingerprint density at radius 1 is 1.47 bits per heavy atom. The summed E-state index contributed by atoms with van der Waals surface area (Å²) in [7, 11) is -4.00. The lowest BCUT2D eigenvalue weighted by molar-refractivity contribution is -0.385. The maximum absolute atomic E-state index is 13.6. The largest absolute Gasteiger partial charge is 0.315 e. The SMILES string of the molecule is O=[N+]([O-])c1ccc(S(=O)(=O)N[C@H]2CCNC2)c(F)c1. The fourth-order valence-corrected chi connectivity index (χ4v) is 3.19. The van der Waals surface area contributed by atoms with E-state index < -0.39 is 31.3 Å². The quantitative estimate of drug-likeness (QED) is 0.616. The van der Waals surface area contributed by atoms with Crippen LogP contribution in [0.15, 0.2) is 23.1 Å². The van der Waals surface area contributed by atoms with Crippen molar-refractivity contribution in [2.45, 2.75) is 17.4 Å². The van der Waals surface area contributed by atoms with Crippen LogP contribution in [0, 0.1) is 15.9 Å². The number of nitrogens with one attached hydrogen (secondary N) is 2. The molecular formula is C10H12FN3O4S. The van der Waals surface area contributed by atoms with Crippen LogP contribution in [0.3, 0.4) is 0 Å². The molecule has 0 amide bonds. The maximum atomic E-state index is 13.6. The van der Waals surface area contributed by atoms with Gasteiger partial charge in [0, 0.05) is 18.7 Å². The number of hydrogen-bond acceptors (Lipinski definition) is 5. The highest BCUT2D eigenvalue weighted by atomic mass is 32.2. The second-order valence-electron chi connectivity index (χ2n) is 4.18. The molecule has 1 atom stereocenters. The molecule has 0 aliphatic carbocycles. The summed E-state index contributed by atoms with van der Waals surface area (Å²) in [6.45, 7) is 1.17. The second-order valence-corrected chi connectivity index (χ2v) is 5.87. The van der Waals surface area contributed by atoms with E-state index in [1.54, 1.807) is 0 Å². The number of benzene rings is 1. The van der Waals surface area contributed by atoms with Crippen LogP contribution in [0.4, 0.5) is 10.1 Å². The molecule has 104 valence electrons. The first kappa shape index (κ1) is 13.8. The molecule has 0 spiro atoms. The molecule has 1 saturated heterocycles. The molecule has 0 bridgehead atoms. The van der Waals surface area contributed by atoms with Crippen LogP contribution in [-0.4, -0.2) is 32.5 Å². The first-order valence-corrected chi connectivity index (χ1v) is 7.05. The van der Waals surface area contributed by atoms with Crippen LogP contribution in [0.25, 0.3) is 0 Å². The third-order valence-electron chi connectivity index (χ3n) is 2.80. The van der Waals surface area contributed by atoms with Gasteiger partial charge in [-0.3, -0.25) is 10.1 Å². The molecule has 0 unspecified atom stereocenters. The smallest absolute Gasteiger partial charge is 0.272 e. The third kappa shape index (κ3) is 3.06. The molecule has 19 heavy (non-hydrogen) atoms. The zero-order valence-corrected chi connectivity index (χ0v) is 10.6. The van der Waals surface area contributed by atoms with E-state index in [1.807, 2.05) is 0 Å². The Hall–Kier alpha value is -1.58. The molecule has 0 aromatic heterocycles. The van der Waals surface area contributed by atoms with Gasteiger partial charge in [-0.25, -0.2) is 17.5 Å². The Morgan fingerprint density at radius 3 is 2.74 bits per heavy atom. The predicted molar refractivity (Wildman–Crippen MR) is 64.7 cm³/mol. The minimum atomic E-state index is -4.00. The first-order valence-electron chi connectivity index (χ1n) is 5.57. The molecule has 1 fully saturated rings. The van der Waals surface area contributed by atoms with Gasteiger partial charge in [0.05, 0.1) is 11.0 Å². The highest BCUT2D eigenvalue weighted by molar-refractivity contribution is 7.89. The van der Waals surface area contributed by atoms with E-state index in [9.17, 15) is 22.9 Å². The van der Waals surface area contributed by atoms with E-state index in [0.717, 1.165) is 12.1 Å². The fraction of sp³-hybridized carbons (Fsp3) is 0.400. The van der Waals surface area contributed by atoms with Crippen LogP contribution in [-0.2, 0) is 10.0 Å². The van der Waals surface area contributed by atoms with Gasteiger partial charge in [0.15, 0.2) is 0 Å². The van der Waals surface area contributed by atoms with Gasteiger partial charge in [-0.1, -0.05) is 0 Å². The van der Waals surface area contributed by atoms with Crippen molar-refractivity contribution in [3.05, 3.63) is 34.1 Å². The van der Waals surface area contributed by atoms with Crippen molar-refractivity contribution in [3.63, 3.8) is 0 Å². The molecule has 7 nitrogen and oxygen atoms in total. The average molecular weight is 289 g/mol. The summed E-state index contributed by atoms with van der Waals surface area (Å²) in [5, 5.41) is 13.4. The zero-order valence-electron chi connectivity index (χ0n) is 9.80. The van der Waals surface area contributed by atoms with Gasteiger partial charge in [0.25, 0.3) is 5.69 Å². The number of non-ortho nitro benzene ring substituents is 1. The van der Waals surface area contributed by atoms with Crippen molar-refractivity contribution in [2.24, 2.45) is 0 Å². The molecule has 1 heterocycles. The van der Waals surface area contributed by atoms with E-state index in [2.05, 4.69) is 10.0 Å². The van der Waals surface area contributed by atoms with Crippen molar-refractivity contribution in [2.75, 3.05) is 13.1 Å². The molecular weight excluding hydrogens is 277 g/mol. The van der Waals surface area contributed by atoms with Crippen LogP contribution >= 0.6 is 0 Å². The fourth-order valence-electron chi connectivity index (χ4n) is 1.86. The minimum absolute atomic E-state index is 0.292. The molecule has 9 heteroatoms. The normalized spacial score (nSPS) is 19.5. The van der Waals surface area contributed by atoms with Gasteiger partial charge in [-0.15, -0.1) is 0 Å². The number of nitrogens with zero attached hydrogens (tertiary/aromatic N) is 1. The monoisotopic (exact) mass is 289 g/mol. The highest BCUT2D eigenvalue weighted by Crippen LogP contribution is 2.20. The van der Waals surface area contributed by atoms with Crippen molar-refractivity contribution in [1.29, 1.82) is 0 Å². The van der Waals surface area contributed by atoms with Crippen LogP contribution < -0.4 is 10.0 Å². The van der Waals surface area contributed by atoms with Gasteiger partial charge in [0.1, 0.15) is 10.7 Å². The molecule has 1 aliphatic rings. The Bertz CT molecular complexity index is 599. The highest BCUT2D eigenvalue weighted by Gasteiger charge is 2.26. The van der Waals surface area contributed by atoms with E-state index in [1.165, 1.54) is 0 Å². The lowest BCUT2D eigenvalue weighted by Crippen LogP contribution is -2.36. The van der Waals surface area contributed by atoms with Gasteiger partial charge >= 0.3 is 0 Å². The third-order valence-corrected chi connectivity index (χ3v) is 4.35. The number of halogens is 1. The number of sulfonamides is 1. The number of hydrogen-bond donors (Lipinski definition) is 2. The zero-order chi connectivity index (χ0) is 14.0. The maximum Gasteiger partial charge on any atom is 0.272 e. The molecule has 1 aromatic rings. The number of nitro groups is 1. The Balaban J connectivity index is 2.27. The van der Waals surface area contributed by atoms with Crippen molar-refractivity contribution in [3.8, 4) is 0 Å². The standard InChI is InChI=1S/C10H12FN3O4S/c11-9-5-8(14(15)16)1-2-10(9)19(17,18)13-7-3-4-12-6-7/h1-2,5,7,12-13H,3-4,6H2/t7-/m0/s1. The molecule has 2 rings (SSSR count). The molecule has 0 saturated carbocycles. The van der Waals surface area contributed by atoms with Crippen LogP contribution in [0.1, 0.15) is 6.42 Å². The molecule has 0 radical (unpaired) electrons. The predicted octanol–water partition coefficient (Wildman–Crippen LogP) is 0.374. The van der Waals surface area contributed by atoms with E-state index in [4.69, 9.17) is 0 Å². The summed E-state index contributed by atoms with van der Waals surface area (Å²) in [4.78, 5) is 9.10. The topological polar surface area (TPSA) is 101 Å². The van der Waals surface area contributed by atoms with Crippen LogP contribution in [0.2, 0.25) is 0 Å². The van der Waals surface area contributed by atoms with Gasteiger partial charge in [0.2, 0.25) is 10.0 Å². The van der Waals surface area contributed by atoms with Gasteiger partial charge < -0.3 is 5.32 Å². The minimum Gasteiger partial charge on any atom is -0.315 e. The lowest BCUT2D eigenvalue weighted by atomic mass is 10.3. The Labute approximate surface area is 109 Å². The Kier molecular flexibility index (Phi) is 3.78. The summed E-state index contributed by atoms with van der Waals surface area (Å²) in [5.41, 5.74) is -0.487. The Morgan fingerprint density at radius 2 is 2.21 bits per heavy atom. The second kappa shape index (κ2) is 5.19. The van der Waals surface area contributed by atoms with E-state index >= 15 is 0 Å². The van der Waals surface area contributed by atoms with Crippen LogP contribution in [0.5, 0.6) is 0 Å². The van der Waals surface area contributed by atoms with Gasteiger partial charge in [-0.05, 0) is 19.0 Å². The summed E-state index contributed by atoms with van der Waals surface area (Å²) >= 11 is 0. The van der Waals surface area contributed by atoms with Crippen molar-refractivity contribution >= 4 is 15.7 Å². The lowest BCUT2D eigenvalue weighted by Gasteiger charge is -2.12. The van der Waals surface area contributed by atoms with E-state index in [-0.39, 0.29) is 6.04 Å². The molecule has 2 N–H and O–H groups in total. The van der Waals surface area contributed by atoms with E-state index in [0.29, 0.717) is 25.6 Å². The summed E-state index contributed by atoms with van der Waals surface area (Å²) < 4.78 is 39.9. The van der Waals surface area contributed by atoms with Crippen molar-refractivity contribution in [1.82, 2.24) is 10.0 Å². The number of rotatable bonds is 4. The molecule has 1 aromatic carbocycles.